The smallest absolute Gasteiger partial charge is 0.239 e. The van der Waals surface area contributed by atoms with Crippen LogP contribution in [0.25, 0.3) is 22.3 Å². The topological polar surface area (TPSA) is 167 Å². The van der Waals surface area contributed by atoms with Gasteiger partial charge in [0, 0.05) is 17.7 Å². The molecule has 1 saturated heterocycles. The Balaban J connectivity index is 1.95. The van der Waals surface area contributed by atoms with E-state index in [0.29, 0.717) is 22.8 Å². The van der Waals surface area contributed by atoms with Crippen LogP contribution in [0.5, 0.6) is 28.7 Å². The summed E-state index contributed by atoms with van der Waals surface area (Å²) in [5, 5.41) is 40.4. The summed E-state index contributed by atoms with van der Waals surface area (Å²) < 4.78 is 38.7. The molecule has 1 aliphatic heterocycles. The van der Waals surface area contributed by atoms with E-state index < -0.39 is 42.7 Å². The molecular formula is C25H28O12. The quantitative estimate of drug-likeness (QED) is 0.328. The number of hydrogen-bond donors (Lipinski definition) is 4. The molecule has 1 fully saturated rings. The standard InChI is InChI=1S/C25H28O12/c1-31-12-8-15(34-4)18-16(9-12)35-23(11-5-6-13(32-2)14(7-11)33-3)24(20(18)28)37-25-22(30)21(29)19(27)17(10-26)36-25/h5-9,17,19,21-22,25-27,29-30H,10H2,1-4H3/t17-,19-,21-,22+,25-/m0/s1. The van der Waals surface area contributed by atoms with E-state index in [-0.39, 0.29) is 28.2 Å². The summed E-state index contributed by atoms with van der Waals surface area (Å²) in [6, 6.07) is 7.75. The van der Waals surface area contributed by atoms with E-state index in [1.165, 1.54) is 40.6 Å². The summed E-state index contributed by atoms with van der Waals surface area (Å²) in [6.45, 7) is -0.673. The minimum Gasteiger partial charge on any atom is -0.496 e. The average molecular weight is 520 g/mol. The lowest BCUT2D eigenvalue weighted by Crippen LogP contribution is -2.60. The number of methoxy groups -OCH3 is 4. The minimum absolute atomic E-state index is 0.0205. The van der Waals surface area contributed by atoms with E-state index in [2.05, 4.69) is 0 Å². The Bertz CT molecular complexity index is 1320. The number of rotatable bonds is 8. The molecule has 2 aromatic carbocycles. The van der Waals surface area contributed by atoms with Crippen molar-refractivity contribution in [2.45, 2.75) is 30.7 Å². The summed E-state index contributed by atoms with van der Waals surface area (Å²) in [6.07, 6.45) is -7.97. The molecule has 0 unspecified atom stereocenters. The number of fused-ring (bicyclic) bond motifs is 1. The zero-order chi connectivity index (χ0) is 26.9. The minimum atomic E-state index is -1.76. The molecule has 4 rings (SSSR count). The van der Waals surface area contributed by atoms with Gasteiger partial charge >= 0.3 is 0 Å². The predicted octanol–water partition coefficient (Wildman–Crippen LogP) is 0.673. The van der Waals surface area contributed by atoms with Crippen LogP contribution in [0.3, 0.4) is 0 Å². The fraction of sp³-hybridized carbons (Fsp3) is 0.400. The van der Waals surface area contributed by atoms with Gasteiger partial charge in [0.1, 0.15) is 46.9 Å². The van der Waals surface area contributed by atoms with Gasteiger partial charge in [0.2, 0.25) is 17.5 Å². The van der Waals surface area contributed by atoms with Crippen molar-refractivity contribution in [1.29, 1.82) is 0 Å². The first-order valence-corrected chi connectivity index (χ1v) is 11.2. The van der Waals surface area contributed by atoms with Crippen molar-refractivity contribution in [3.63, 3.8) is 0 Å². The van der Waals surface area contributed by atoms with Gasteiger partial charge < -0.3 is 53.3 Å². The molecule has 1 aromatic heterocycles. The van der Waals surface area contributed by atoms with Crippen molar-refractivity contribution in [3.8, 4) is 40.1 Å². The summed E-state index contributed by atoms with van der Waals surface area (Å²) in [5.74, 6) is 0.825. The molecule has 0 amide bonds. The van der Waals surface area contributed by atoms with Crippen LogP contribution in [0.15, 0.2) is 39.5 Å². The van der Waals surface area contributed by atoms with Crippen LogP contribution in [0, 0.1) is 0 Å². The summed E-state index contributed by atoms with van der Waals surface area (Å²) in [5.41, 5.74) is -0.215. The van der Waals surface area contributed by atoms with Crippen LogP contribution < -0.4 is 29.1 Å². The molecule has 0 spiro atoms. The summed E-state index contributed by atoms with van der Waals surface area (Å²) >= 11 is 0. The van der Waals surface area contributed by atoms with Crippen LogP contribution in [0.2, 0.25) is 0 Å². The van der Waals surface area contributed by atoms with Gasteiger partial charge in [0.25, 0.3) is 0 Å². The molecule has 2 heterocycles. The van der Waals surface area contributed by atoms with Gasteiger partial charge in [-0.3, -0.25) is 4.79 Å². The Labute approximate surface area is 211 Å². The Hall–Kier alpha value is -3.55. The van der Waals surface area contributed by atoms with Gasteiger partial charge in [-0.25, -0.2) is 0 Å². The third-order valence-corrected chi connectivity index (χ3v) is 6.07. The highest BCUT2D eigenvalue weighted by molar-refractivity contribution is 5.88. The summed E-state index contributed by atoms with van der Waals surface area (Å²) in [4.78, 5) is 13.8. The maximum atomic E-state index is 13.8. The molecule has 5 atom stereocenters. The van der Waals surface area contributed by atoms with E-state index >= 15 is 0 Å². The van der Waals surface area contributed by atoms with Crippen molar-refractivity contribution in [2.24, 2.45) is 0 Å². The number of ether oxygens (including phenoxy) is 6. The number of benzene rings is 2. The van der Waals surface area contributed by atoms with Gasteiger partial charge in [-0.1, -0.05) is 0 Å². The van der Waals surface area contributed by atoms with Crippen LogP contribution in [-0.2, 0) is 4.74 Å². The molecule has 0 radical (unpaired) electrons. The van der Waals surface area contributed by atoms with Crippen molar-refractivity contribution in [2.75, 3.05) is 35.0 Å². The molecule has 0 saturated carbocycles. The molecule has 0 aliphatic carbocycles. The first kappa shape index (κ1) is 26.5. The Kier molecular flexibility index (Phi) is 7.76. The van der Waals surface area contributed by atoms with E-state index in [1.54, 1.807) is 18.2 Å². The zero-order valence-electron chi connectivity index (χ0n) is 20.5. The Morgan fingerprint density at radius 3 is 2.16 bits per heavy atom. The van der Waals surface area contributed by atoms with Crippen molar-refractivity contribution in [1.82, 2.24) is 0 Å². The van der Waals surface area contributed by atoms with Gasteiger partial charge in [0.05, 0.1) is 35.0 Å². The molecule has 3 aromatic rings. The molecule has 0 bridgehead atoms. The number of hydrogen-bond acceptors (Lipinski definition) is 12. The van der Waals surface area contributed by atoms with Gasteiger partial charge in [-0.05, 0) is 18.2 Å². The first-order valence-electron chi connectivity index (χ1n) is 11.2. The van der Waals surface area contributed by atoms with Crippen LogP contribution in [0.4, 0.5) is 0 Å². The fourth-order valence-corrected chi connectivity index (χ4v) is 4.08. The molecule has 12 heteroatoms. The maximum Gasteiger partial charge on any atom is 0.239 e. The average Bonchev–Trinajstić information content (AvgIpc) is 2.93. The molecule has 37 heavy (non-hydrogen) atoms. The van der Waals surface area contributed by atoms with E-state index in [4.69, 9.17) is 32.8 Å². The second kappa shape index (κ2) is 10.8. The summed E-state index contributed by atoms with van der Waals surface area (Å²) in [7, 11) is 5.73. The van der Waals surface area contributed by atoms with Crippen molar-refractivity contribution < 1.29 is 53.3 Å². The van der Waals surface area contributed by atoms with Crippen LogP contribution in [0.1, 0.15) is 0 Å². The lowest BCUT2D eigenvalue weighted by Gasteiger charge is -2.39. The molecule has 1 aliphatic rings. The largest absolute Gasteiger partial charge is 0.496 e. The molecule has 200 valence electrons. The third-order valence-electron chi connectivity index (χ3n) is 6.07. The van der Waals surface area contributed by atoms with Gasteiger partial charge in [0.15, 0.2) is 17.3 Å². The predicted molar refractivity (Wildman–Crippen MR) is 129 cm³/mol. The van der Waals surface area contributed by atoms with Crippen molar-refractivity contribution >= 4 is 11.0 Å². The highest BCUT2D eigenvalue weighted by Crippen LogP contribution is 2.40. The van der Waals surface area contributed by atoms with Gasteiger partial charge in [-0.2, -0.15) is 0 Å². The van der Waals surface area contributed by atoms with Crippen LogP contribution >= 0.6 is 0 Å². The first-order chi connectivity index (χ1) is 17.8. The van der Waals surface area contributed by atoms with Gasteiger partial charge in [-0.15, -0.1) is 0 Å². The Morgan fingerprint density at radius 1 is 0.838 bits per heavy atom. The monoisotopic (exact) mass is 520 g/mol. The SMILES string of the molecule is COc1cc(OC)c2c(=O)c(O[C@@H]3O[C@@H](CO)[C@H](O)[C@H](O)[C@H]3O)c(-c3ccc(OC)c(OC)c3)oc2c1. The fourth-order valence-electron chi connectivity index (χ4n) is 4.08. The highest BCUT2D eigenvalue weighted by Gasteiger charge is 2.45. The zero-order valence-corrected chi connectivity index (χ0v) is 20.5. The molecular weight excluding hydrogens is 492 g/mol. The Morgan fingerprint density at radius 2 is 1.54 bits per heavy atom. The molecule has 12 nitrogen and oxygen atoms in total. The normalized spacial score (nSPS) is 23.5. The molecule has 4 N–H and O–H groups in total. The van der Waals surface area contributed by atoms with E-state index in [0.717, 1.165) is 0 Å². The van der Waals surface area contributed by atoms with E-state index in [1.807, 2.05) is 0 Å². The highest BCUT2D eigenvalue weighted by atomic mass is 16.7. The number of aliphatic hydroxyl groups excluding tert-OH is 4. The lowest BCUT2D eigenvalue weighted by molar-refractivity contribution is -0.277. The maximum absolute atomic E-state index is 13.8. The number of aliphatic hydroxyl groups is 4. The second-order valence-corrected chi connectivity index (χ2v) is 8.18. The lowest BCUT2D eigenvalue weighted by atomic mass is 9.99. The second-order valence-electron chi connectivity index (χ2n) is 8.18. The van der Waals surface area contributed by atoms with Crippen LogP contribution in [-0.4, -0.2) is 86.2 Å². The van der Waals surface area contributed by atoms with Crippen molar-refractivity contribution in [3.05, 3.63) is 40.6 Å². The third kappa shape index (κ3) is 4.77. The van der Waals surface area contributed by atoms with E-state index in [9.17, 15) is 25.2 Å².